The van der Waals surface area contributed by atoms with Gasteiger partial charge < -0.3 is 35.2 Å². The number of hydrogen-bond donors (Lipinski definition) is 5. The molecule has 0 spiro atoms. The number of carbonyl (C=O) groups is 2. The number of aliphatic hydroxyl groups excluding tert-OH is 4. The Morgan fingerprint density at radius 1 is 1.27 bits per heavy atom. The first-order valence-corrected chi connectivity index (χ1v) is 7.63. The molecule has 0 aromatic heterocycles. The predicted molar refractivity (Wildman–Crippen MR) is 75.8 cm³/mol. The summed E-state index contributed by atoms with van der Waals surface area (Å²) in [5.41, 5.74) is -0.975. The lowest BCUT2D eigenvalue weighted by atomic mass is 10.0. The van der Waals surface area contributed by atoms with E-state index in [1.54, 1.807) is 0 Å². The highest BCUT2D eigenvalue weighted by Gasteiger charge is 2.43. The Morgan fingerprint density at radius 3 is 2.41 bits per heavy atom. The summed E-state index contributed by atoms with van der Waals surface area (Å²) in [4.78, 5) is 22.6. The lowest BCUT2D eigenvalue weighted by molar-refractivity contribution is -0.205. The Kier molecular flexibility index (Phi) is 7.53. The molecule has 0 bridgehead atoms. The number of rotatable bonds is 6. The SMILES string of the molecule is COC(=O)C(CS[C@@H]1OC(CO)[C@@H](O)C(O)[C@@H]1O)NC(C)=O. The molecule has 9 nitrogen and oxygen atoms in total. The maximum atomic E-state index is 11.6. The second-order valence-electron chi connectivity index (χ2n) is 4.81. The van der Waals surface area contributed by atoms with Crippen molar-refractivity contribution in [3.63, 3.8) is 0 Å². The van der Waals surface area contributed by atoms with Crippen molar-refractivity contribution in [2.75, 3.05) is 19.5 Å². The smallest absolute Gasteiger partial charge is 0.329 e. The third-order valence-corrected chi connectivity index (χ3v) is 4.38. The lowest BCUT2D eigenvalue weighted by Crippen LogP contribution is -2.57. The number of hydrogen-bond acceptors (Lipinski definition) is 9. The summed E-state index contributed by atoms with van der Waals surface area (Å²) in [5, 5.41) is 40.7. The van der Waals surface area contributed by atoms with E-state index >= 15 is 0 Å². The molecule has 1 heterocycles. The van der Waals surface area contributed by atoms with Crippen LogP contribution < -0.4 is 5.32 Å². The van der Waals surface area contributed by atoms with Crippen molar-refractivity contribution < 1.29 is 39.5 Å². The molecule has 1 aliphatic heterocycles. The molecule has 22 heavy (non-hydrogen) atoms. The summed E-state index contributed by atoms with van der Waals surface area (Å²) in [7, 11) is 1.18. The minimum Gasteiger partial charge on any atom is -0.467 e. The molecule has 0 aromatic rings. The normalized spacial score (nSPS) is 33.1. The molecule has 10 heteroatoms. The second kappa shape index (κ2) is 8.65. The summed E-state index contributed by atoms with van der Waals surface area (Å²) in [6, 6.07) is -0.945. The largest absolute Gasteiger partial charge is 0.467 e. The van der Waals surface area contributed by atoms with Crippen LogP contribution >= 0.6 is 11.8 Å². The molecule has 5 N–H and O–H groups in total. The molecule has 1 saturated heterocycles. The molecule has 1 fully saturated rings. The maximum absolute atomic E-state index is 11.6. The highest BCUT2D eigenvalue weighted by Crippen LogP contribution is 2.28. The van der Waals surface area contributed by atoms with Crippen molar-refractivity contribution in [2.24, 2.45) is 0 Å². The molecule has 1 aliphatic rings. The van der Waals surface area contributed by atoms with Gasteiger partial charge in [-0.3, -0.25) is 4.79 Å². The Balaban J connectivity index is 2.66. The molecule has 0 aliphatic carbocycles. The van der Waals surface area contributed by atoms with Crippen LogP contribution in [0.3, 0.4) is 0 Å². The molecule has 0 saturated carbocycles. The average Bonchev–Trinajstić information content (AvgIpc) is 2.49. The van der Waals surface area contributed by atoms with E-state index < -0.39 is 54.4 Å². The Labute approximate surface area is 131 Å². The van der Waals surface area contributed by atoms with Crippen LogP contribution in [0.1, 0.15) is 6.92 Å². The third kappa shape index (κ3) is 4.80. The second-order valence-corrected chi connectivity index (χ2v) is 5.94. The van der Waals surface area contributed by atoms with Gasteiger partial charge in [-0.25, -0.2) is 4.79 Å². The number of carbonyl (C=O) groups excluding carboxylic acids is 2. The van der Waals surface area contributed by atoms with E-state index in [4.69, 9.17) is 9.84 Å². The van der Waals surface area contributed by atoms with Crippen LogP contribution in [-0.4, -0.2) is 87.7 Å². The molecule has 6 atom stereocenters. The number of methoxy groups -OCH3 is 1. The molecule has 3 unspecified atom stereocenters. The van der Waals surface area contributed by atoms with Crippen LogP contribution in [0, 0.1) is 0 Å². The van der Waals surface area contributed by atoms with Gasteiger partial charge >= 0.3 is 5.97 Å². The fourth-order valence-electron chi connectivity index (χ4n) is 1.95. The summed E-state index contributed by atoms with van der Waals surface area (Å²) < 4.78 is 9.85. The number of nitrogens with one attached hydrogen (secondary N) is 1. The van der Waals surface area contributed by atoms with Crippen LogP contribution in [0.15, 0.2) is 0 Å². The Bertz CT molecular complexity index is 393. The molecular formula is C12H21NO8S. The van der Waals surface area contributed by atoms with E-state index in [0.29, 0.717) is 0 Å². The topological polar surface area (TPSA) is 146 Å². The molecule has 128 valence electrons. The quantitative estimate of drug-likeness (QED) is 0.324. The van der Waals surface area contributed by atoms with Crippen molar-refractivity contribution in [3.8, 4) is 0 Å². The van der Waals surface area contributed by atoms with E-state index in [-0.39, 0.29) is 5.75 Å². The molecular weight excluding hydrogens is 318 g/mol. The van der Waals surface area contributed by atoms with Gasteiger partial charge in [-0.05, 0) is 0 Å². The van der Waals surface area contributed by atoms with Gasteiger partial charge in [0.2, 0.25) is 5.91 Å². The zero-order valence-electron chi connectivity index (χ0n) is 12.2. The van der Waals surface area contributed by atoms with Crippen LogP contribution in [0.2, 0.25) is 0 Å². The number of amides is 1. The monoisotopic (exact) mass is 339 g/mol. The van der Waals surface area contributed by atoms with E-state index in [1.165, 1.54) is 14.0 Å². The standard InChI is InChI=1S/C12H21NO8S/c1-5(15)13-6(11(19)20-2)4-22-12-10(18)9(17)8(16)7(3-14)21-12/h6-10,12,14,16-18H,3-4H2,1-2H3,(H,13,15)/t6?,7?,8-,9?,10+,12+/m1/s1. The van der Waals surface area contributed by atoms with E-state index in [1.807, 2.05) is 0 Å². The van der Waals surface area contributed by atoms with Gasteiger partial charge in [0.1, 0.15) is 35.9 Å². The van der Waals surface area contributed by atoms with Gasteiger partial charge in [-0.1, -0.05) is 0 Å². The fourth-order valence-corrected chi connectivity index (χ4v) is 3.13. The first-order chi connectivity index (χ1) is 10.3. The van der Waals surface area contributed by atoms with Gasteiger partial charge in [-0.2, -0.15) is 0 Å². The third-order valence-electron chi connectivity index (χ3n) is 3.14. The number of thioether (sulfide) groups is 1. The van der Waals surface area contributed by atoms with Crippen molar-refractivity contribution in [1.82, 2.24) is 5.32 Å². The van der Waals surface area contributed by atoms with Crippen LogP contribution in [0.25, 0.3) is 0 Å². The van der Waals surface area contributed by atoms with Gasteiger partial charge in [-0.15, -0.1) is 11.8 Å². The minimum atomic E-state index is -1.49. The predicted octanol–water partition coefficient (Wildman–Crippen LogP) is -2.80. The zero-order chi connectivity index (χ0) is 16.9. The van der Waals surface area contributed by atoms with Crippen LogP contribution in [0.4, 0.5) is 0 Å². The minimum absolute atomic E-state index is 0.0228. The average molecular weight is 339 g/mol. The van der Waals surface area contributed by atoms with Gasteiger partial charge in [0.05, 0.1) is 13.7 Å². The number of esters is 1. The Morgan fingerprint density at radius 2 is 1.91 bits per heavy atom. The lowest BCUT2D eigenvalue weighted by Gasteiger charge is -2.39. The van der Waals surface area contributed by atoms with Crippen molar-refractivity contribution in [2.45, 2.75) is 42.8 Å². The summed E-state index contributed by atoms with van der Waals surface area (Å²) >= 11 is 0.954. The summed E-state index contributed by atoms with van der Waals surface area (Å²) in [6.07, 6.45) is -5.35. The Hall–Kier alpha value is -0.910. The van der Waals surface area contributed by atoms with Gasteiger partial charge in [0.15, 0.2) is 0 Å². The molecule has 1 amide bonds. The van der Waals surface area contributed by atoms with Gasteiger partial charge in [0.25, 0.3) is 0 Å². The highest BCUT2D eigenvalue weighted by molar-refractivity contribution is 7.99. The van der Waals surface area contributed by atoms with E-state index in [0.717, 1.165) is 11.8 Å². The number of aliphatic hydroxyl groups is 4. The van der Waals surface area contributed by atoms with Gasteiger partial charge in [0, 0.05) is 12.7 Å². The molecule has 1 rings (SSSR count). The van der Waals surface area contributed by atoms with Crippen LogP contribution in [0.5, 0.6) is 0 Å². The fraction of sp³-hybridized carbons (Fsp3) is 0.833. The summed E-state index contributed by atoms with van der Waals surface area (Å²) in [6.45, 7) is 0.711. The van der Waals surface area contributed by atoms with E-state index in [2.05, 4.69) is 10.1 Å². The zero-order valence-corrected chi connectivity index (χ0v) is 13.0. The maximum Gasteiger partial charge on any atom is 0.329 e. The van der Waals surface area contributed by atoms with Crippen molar-refractivity contribution in [1.29, 1.82) is 0 Å². The number of ether oxygens (including phenoxy) is 2. The van der Waals surface area contributed by atoms with Crippen molar-refractivity contribution >= 4 is 23.6 Å². The first kappa shape index (κ1) is 19.1. The molecule has 0 aromatic carbocycles. The van der Waals surface area contributed by atoms with E-state index in [9.17, 15) is 24.9 Å². The molecule has 0 radical (unpaired) electrons. The first-order valence-electron chi connectivity index (χ1n) is 6.58. The summed E-state index contributed by atoms with van der Waals surface area (Å²) in [5.74, 6) is -1.06. The van der Waals surface area contributed by atoms with Crippen molar-refractivity contribution in [3.05, 3.63) is 0 Å². The highest BCUT2D eigenvalue weighted by atomic mass is 32.2. The van der Waals surface area contributed by atoms with Crippen LogP contribution in [-0.2, 0) is 19.1 Å².